The molecule has 0 saturated carbocycles. The molecule has 0 aromatic carbocycles. The quantitative estimate of drug-likeness (QED) is 0.328. The molecule has 0 spiro atoms. The third-order valence-electron chi connectivity index (χ3n) is 2.24. The molecule has 2 fully saturated rings. The van der Waals surface area contributed by atoms with Crippen molar-refractivity contribution in [2.75, 3.05) is 13.1 Å². The lowest BCUT2D eigenvalue weighted by Crippen LogP contribution is -2.61. The summed E-state index contributed by atoms with van der Waals surface area (Å²) >= 11 is 0. The Morgan fingerprint density at radius 2 is 1.44 bits per heavy atom. The molecular weight excluding hydrogens is 228 g/mol. The van der Waals surface area contributed by atoms with E-state index in [1.54, 1.807) is 0 Å². The summed E-state index contributed by atoms with van der Waals surface area (Å²) in [4.78, 5) is 32.0. The van der Waals surface area contributed by atoms with Gasteiger partial charge in [-0.3, -0.25) is 0 Å². The molecule has 0 bridgehead atoms. The third kappa shape index (κ3) is 1.41. The predicted molar refractivity (Wildman–Crippen MR) is 42.5 cm³/mol. The van der Waals surface area contributed by atoms with Crippen LogP contribution in [-0.4, -0.2) is 51.8 Å². The molecule has 11 heteroatoms. The molecule has 2 saturated heterocycles. The maximum Gasteiger partial charge on any atom is 0.512 e. The van der Waals surface area contributed by atoms with Crippen molar-refractivity contribution >= 4 is 6.16 Å². The zero-order valence-corrected chi connectivity index (χ0v) is 7.72. The van der Waals surface area contributed by atoms with Gasteiger partial charge in [0, 0.05) is 0 Å². The predicted octanol–water partition coefficient (Wildman–Crippen LogP) is -1.19. The average Bonchev–Trinajstić information content (AvgIpc) is 2.56. The van der Waals surface area contributed by atoms with Crippen LogP contribution < -0.4 is 0 Å². The summed E-state index contributed by atoms with van der Waals surface area (Å²) in [7, 11) is 0. The second-order valence-corrected chi connectivity index (χ2v) is 3.07. The van der Waals surface area contributed by atoms with Crippen LogP contribution in [0, 0.1) is 20.2 Å². The minimum atomic E-state index is -1.39. The summed E-state index contributed by atoms with van der Waals surface area (Å²) < 4.78 is 8.99. The first-order valence-corrected chi connectivity index (χ1v) is 4.20. The van der Waals surface area contributed by atoms with Crippen LogP contribution in [-0.2, 0) is 9.47 Å². The molecule has 0 aliphatic carbocycles. The van der Waals surface area contributed by atoms with E-state index < -0.39 is 28.7 Å². The van der Waals surface area contributed by atoms with E-state index in [0.717, 1.165) is 0 Å². The lowest BCUT2D eigenvalue weighted by Gasteiger charge is -2.30. The highest BCUT2D eigenvalue weighted by Crippen LogP contribution is 2.25. The number of nitro groups is 2. The third-order valence-corrected chi connectivity index (χ3v) is 2.24. The molecule has 16 heavy (non-hydrogen) atoms. The van der Waals surface area contributed by atoms with Crippen molar-refractivity contribution in [1.29, 1.82) is 0 Å². The van der Waals surface area contributed by atoms with Crippen molar-refractivity contribution in [2.45, 2.75) is 12.5 Å². The van der Waals surface area contributed by atoms with E-state index in [2.05, 4.69) is 9.47 Å². The minimum Gasteiger partial charge on any atom is -0.398 e. The van der Waals surface area contributed by atoms with Crippen LogP contribution in [0.3, 0.4) is 0 Å². The van der Waals surface area contributed by atoms with Gasteiger partial charge in [-0.2, -0.15) is 0 Å². The number of hydrogen-bond donors (Lipinski definition) is 0. The van der Waals surface area contributed by atoms with Gasteiger partial charge in [-0.25, -0.2) is 25.0 Å². The van der Waals surface area contributed by atoms with Crippen LogP contribution in [0.15, 0.2) is 0 Å². The fourth-order valence-electron chi connectivity index (χ4n) is 1.57. The van der Waals surface area contributed by atoms with E-state index in [-0.39, 0.29) is 13.1 Å². The Balaban J connectivity index is 2.23. The molecule has 11 nitrogen and oxygen atoms in total. The smallest absolute Gasteiger partial charge is 0.398 e. The normalized spacial score (nSPS) is 28.1. The zero-order valence-electron chi connectivity index (χ0n) is 7.72. The minimum absolute atomic E-state index is 0.230. The van der Waals surface area contributed by atoms with Crippen molar-refractivity contribution in [3.05, 3.63) is 20.2 Å². The van der Waals surface area contributed by atoms with Gasteiger partial charge in [0.05, 0.1) is 0 Å². The van der Waals surface area contributed by atoms with Gasteiger partial charge in [-0.05, 0) is 0 Å². The second-order valence-electron chi connectivity index (χ2n) is 3.07. The first-order chi connectivity index (χ1) is 7.50. The Kier molecular flexibility index (Phi) is 2.14. The Morgan fingerprint density at radius 3 is 1.75 bits per heavy atom. The Morgan fingerprint density at radius 1 is 1.06 bits per heavy atom. The second kappa shape index (κ2) is 3.36. The van der Waals surface area contributed by atoms with Crippen molar-refractivity contribution < 1.29 is 24.3 Å². The molecule has 2 heterocycles. The lowest BCUT2D eigenvalue weighted by atomic mass is 10.3. The maximum absolute atomic E-state index is 10.8. The molecule has 2 rings (SSSR count). The summed E-state index contributed by atoms with van der Waals surface area (Å²) in [6, 6.07) is 0. The standard InChI is InChI=1S/C5H6N4O7/c10-5-15-3-4(16-5)7(9(13)14)2-1-6(3)8(11)12/h3-4H,1-2H2/t3-,4+. The van der Waals surface area contributed by atoms with Crippen LogP contribution in [0.4, 0.5) is 4.79 Å². The summed E-state index contributed by atoms with van der Waals surface area (Å²) in [5.74, 6) is 0. The summed E-state index contributed by atoms with van der Waals surface area (Å²) in [5.41, 5.74) is 0. The summed E-state index contributed by atoms with van der Waals surface area (Å²) in [6.07, 6.45) is -3.93. The van der Waals surface area contributed by atoms with Crippen LogP contribution in [0.25, 0.3) is 0 Å². The maximum atomic E-state index is 10.8. The van der Waals surface area contributed by atoms with Gasteiger partial charge in [0.15, 0.2) is 10.1 Å². The number of hydrazine groups is 2. The van der Waals surface area contributed by atoms with E-state index in [1.807, 2.05) is 0 Å². The van der Waals surface area contributed by atoms with Crippen LogP contribution in [0.1, 0.15) is 0 Å². The SMILES string of the molecule is O=C1O[C@@H]2[C@H](O1)N([N+](=O)[O-])CCN2[N+](=O)[O-]. The molecule has 88 valence electrons. The number of rotatable bonds is 2. The highest BCUT2D eigenvalue weighted by molar-refractivity contribution is 5.62. The van der Waals surface area contributed by atoms with Gasteiger partial charge in [0.1, 0.15) is 13.1 Å². The van der Waals surface area contributed by atoms with E-state index in [0.29, 0.717) is 10.0 Å². The number of fused-ring (bicyclic) bond motifs is 1. The van der Waals surface area contributed by atoms with Crippen LogP contribution >= 0.6 is 0 Å². The summed E-state index contributed by atoms with van der Waals surface area (Å²) in [6.45, 7) is -0.461. The molecule has 0 aromatic heterocycles. The van der Waals surface area contributed by atoms with Crippen LogP contribution in [0.5, 0.6) is 0 Å². The van der Waals surface area contributed by atoms with Crippen molar-refractivity contribution in [1.82, 2.24) is 10.0 Å². The zero-order chi connectivity index (χ0) is 11.9. The van der Waals surface area contributed by atoms with E-state index >= 15 is 0 Å². The first-order valence-electron chi connectivity index (χ1n) is 4.20. The molecule has 2 atom stereocenters. The van der Waals surface area contributed by atoms with Gasteiger partial charge in [-0.15, -0.1) is 0 Å². The Bertz CT molecular complexity index is 327. The van der Waals surface area contributed by atoms with Crippen LogP contribution in [0.2, 0.25) is 0 Å². The highest BCUT2D eigenvalue weighted by atomic mass is 16.8. The number of carbonyl (C=O) groups is 1. The lowest BCUT2D eigenvalue weighted by molar-refractivity contribution is -0.720. The number of carbonyl (C=O) groups excluding carboxylic acids is 1. The number of piperazine rings is 1. The van der Waals surface area contributed by atoms with Gasteiger partial charge in [0.25, 0.3) is 12.5 Å². The van der Waals surface area contributed by atoms with Crippen molar-refractivity contribution in [3.8, 4) is 0 Å². The van der Waals surface area contributed by atoms with Gasteiger partial charge in [-0.1, -0.05) is 10.0 Å². The summed E-state index contributed by atoms with van der Waals surface area (Å²) in [5, 5.41) is 20.8. The van der Waals surface area contributed by atoms with Crippen molar-refractivity contribution in [3.63, 3.8) is 0 Å². The Labute approximate surface area is 87.3 Å². The number of ether oxygens (including phenoxy) is 2. The van der Waals surface area contributed by atoms with Gasteiger partial charge >= 0.3 is 6.16 Å². The number of hydrogen-bond acceptors (Lipinski definition) is 7. The molecule has 0 N–H and O–H groups in total. The van der Waals surface area contributed by atoms with E-state index in [4.69, 9.17) is 0 Å². The molecule has 2 aliphatic rings. The topological polar surface area (TPSA) is 128 Å². The fraction of sp³-hybridized carbons (Fsp3) is 0.800. The average molecular weight is 234 g/mol. The van der Waals surface area contributed by atoms with E-state index in [1.165, 1.54) is 0 Å². The molecule has 2 aliphatic heterocycles. The molecule has 0 radical (unpaired) electrons. The first kappa shape index (κ1) is 10.2. The fourth-order valence-corrected chi connectivity index (χ4v) is 1.57. The monoisotopic (exact) mass is 234 g/mol. The Hall–Kier alpha value is -2.33. The molecule has 0 aromatic rings. The largest absolute Gasteiger partial charge is 0.512 e. The highest BCUT2D eigenvalue weighted by Gasteiger charge is 2.56. The van der Waals surface area contributed by atoms with Gasteiger partial charge < -0.3 is 9.47 Å². The number of nitrogens with zero attached hydrogens (tertiary/aromatic N) is 4. The molecular formula is C5H6N4O7. The van der Waals surface area contributed by atoms with E-state index in [9.17, 15) is 25.0 Å². The van der Waals surface area contributed by atoms with Crippen molar-refractivity contribution in [2.24, 2.45) is 0 Å². The molecule has 0 amide bonds. The van der Waals surface area contributed by atoms with Gasteiger partial charge in [0.2, 0.25) is 0 Å². The molecule has 0 unspecified atom stereocenters.